The van der Waals surface area contributed by atoms with Gasteiger partial charge in [0, 0.05) is 6.54 Å². The molecule has 1 saturated carbocycles. The minimum atomic E-state index is -0.609. The summed E-state index contributed by atoms with van der Waals surface area (Å²) in [6, 6.07) is -0.271. The van der Waals surface area contributed by atoms with Crippen LogP contribution in [0.5, 0.6) is 0 Å². The molecule has 2 atom stereocenters. The maximum absolute atomic E-state index is 13.0. The molecule has 3 aliphatic rings. The molecule has 3 fully saturated rings. The van der Waals surface area contributed by atoms with Crippen molar-refractivity contribution < 1.29 is 19.4 Å². The van der Waals surface area contributed by atoms with E-state index in [0.29, 0.717) is 38.7 Å². The van der Waals surface area contributed by atoms with Gasteiger partial charge in [-0.15, -0.1) is 5.10 Å². The lowest BCUT2D eigenvalue weighted by Crippen LogP contribution is -2.60. The summed E-state index contributed by atoms with van der Waals surface area (Å²) < 4.78 is 12.5. The molecule has 2 aliphatic heterocycles. The zero-order chi connectivity index (χ0) is 16.6. The normalized spacial score (nSPS) is 30.0. The first-order valence-electron chi connectivity index (χ1n) is 8.77. The second-order valence-corrected chi connectivity index (χ2v) is 7.05. The molecule has 1 N–H and O–H groups in total. The van der Waals surface area contributed by atoms with E-state index in [1.165, 1.54) is 6.42 Å². The number of aliphatic hydroxyl groups is 1. The third kappa shape index (κ3) is 2.72. The van der Waals surface area contributed by atoms with E-state index in [2.05, 4.69) is 10.3 Å². The number of nitrogens with zero attached hydrogens (tertiary/aromatic N) is 4. The number of morpholine rings is 1. The summed E-state index contributed by atoms with van der Waals surface area (Å²) in [5, 5.41) is 18.0. The van der Waals surface area contributed by atoms with Crippen molar-refractivity contribution in [1.82, 2.24) is 19.9 Å². The SMILES string of the molecule is O=C(c1cn([C@@H]2COC[C@H]2O)nn1)N1CCOCC12CCCCC2. The highest BCUT2D eigenvalue weighted by atomic mass is 16.5. The Bertz CT molecular complexity index is 590. The molecule has 3 heterocycles. The van der Waals surface area contributed by atoms with E-state index in [-0.39, 0.29) is 17.5 Å². The molecule has 0 unspecified atom stereocenters. The Balaban J connectivity index is 1.55. The Labute approximate surface area is 140 Å². The Morgan fingerprint density at radius 1 is 1.25 bits per heavy atom. The van der Waals surface area contributed by atoms with Gasteiger partial charge in [-0.1, -0.05) is 24.5 Å². The molecule has 0 bridgehead atoms. The second kappa shape index (κ2) is 6.42. The van der Waals surface area contributed by atoms with Gasteiger partial charge in [0.15, 0.2) is 5.69 Å². The lowest BCUT2D eigenvalue weighted by Gasteiger charge is -2.48. The van der Waals surface area contributed by atoms with Crippen LogP contribution in [0, 0.1) is 0 Å². The molecule has 1 aromatic heterocycles. The number of rotatable bonds is 2. The van der Waals surface area contributed by atoms with Crippen LogP contribution < -0.4 is 0 Å². The molecule has 8 heteroatoms. The van der Waals surface area contributed by atoms with Gasteiger partial charge >= 0.3 is 0 Å². The largest absolute Gasteiger partial charge is 0.388 e. The number of hydrogen-bond donors (Lipinski definition) is 1. The molecule has 0 aromatic carbocycles. The summed E-state index contributed by atoms with van der Waals surface area (Å²) in [5.41, 5.74) is 0.147. The first kappa shape index (κ1) is 16.0. The van der Waals surface area contributed by atoms with E-state index in [4.69, 9.17) is 9.47 Å². The molecular formula is C16H24N4O4. The van der Waals surface area contributed by atoms with Crippen molar-refractivity contribution in [1.29, 1.82) is 0 Å². The number of ether oxygens (including phenoxy) is 2. The molecule has 1 aliphatic carbocycles. The molecule has 1 amide bonds. The van der Waals surface area contributed by atoms with Gasteiger partial charge in [-0.3, -0.25) is 4.79 Å². The monoisotopic (exact) mass is 336 g/mol. The van der Waals surface area contributed by atoms with Gasteiger partial charge in [0.05, 0.1) is 38.2 Å². The highest BCUT2D eigenvalue weighted by molar-refractivity contribution is 5.92. The maximum atomic E-state index is 13.0. The van der Waals surface area contributed by atoms with Crippen molar-refractivity contribution in [2.24, 2.45) is 0 Å². The van der Waals surface area contributed by atoms with Gasteiger partial charge in [-0.05, 0) is 12.8 Å². The van der Waals surface area contributed by atoms with E-state index in [0.717, 1.165) is 25.7 Å². The Morgan fingerprint density at radius 2 is 2.08 bits per heavy atom. The van der Waals surface area contributed by atoms with Crippen molar-refractivity contribution in [3.63, 3.8) is 0 Å². The highest BCUT2D eigenvalue weighted by Crippen LogP contribution is 2.36. The Kier molecular flexibility index (Phi) is 4.28. The summed E-state index contributed by atoms with van der Waals surface area (Å²) >= 11 is 0. The van der Waals surface area contributed by atoms with Crippen LogP contribution in [0.15, 0.2) is 6.20 Å². The quantitative estimate of drug-likeness (QED) is 0.840. The third-order valence-corrected chi connectivity index (χ3v) is 5.52. The first-order chi connectivity index (χ1) is 11.7. The molecule has 132 valence electrons. The minimum absolute atomic E-state index is 0.0835. The number of aliphatic hydroxyl groups excluding tert-OH is 1. The molecule has 4 rings (SSSR count). The van der Waals surface area contributed by atoms with Crippen molar-refractivity contribution in [2.45, 2.75) is 49.8 Å². The number of amides is 1. The smallest absolute Gasteiger partial charge is 0.276 e. The molecule has 24 heavy (non-hydrogen) atoms. The number of aromatic nitrogens is 3. The van der Waals surface area contributed by atoms with Crippen LogP contribution in [-0.4, -0.2) is 75.5 Å². The van der Waals surface area contributed by atoms with Crippen LogP contribution in [0.2, 0.25) is 0 Å². The van der Waals surface area contributed by atoms with Crippen LogP contribution in [0.1, 0.15) is 48.6 Å². The maximum Gasteiger partial charge on any atom is 0.276 e. The summed E-state index contributed by atoms with van der Waals surface area (Å²) in [7, 11) is 0. The predicted octanol–water partition coefficient (Wildman–Crippen LogP) is 0.386. The van der Waals surface area contributed by atoms with Gasteiger partial charge in [0.2, 0.25) is 0 Å². The van der Waals surface area contributed by atoms with Crippen molar-refractivity contribution >= 4 is 5.91 Å². The van der Waals surface area contributed by atoms with Crippen molar-refractivity contribution in [3.05, 3.63) is 11.9 Å². The average molecular weight is 336 g/mol. The molecule has 8 nitrogen and oxygen atoms in total. The summed E-state index contributed by atoms with van der Waals surface area (Å²) in [6.45, 7) is 2.46. The lowest BCUT2D eigenvalue weighted by molar-refractivity contribution is -0.0684. The zero-order valence-corrected chi connectivity index (χ0v) is 13.8. The van der Waals surface area contributed by atoms with Gasteiger partial charge in [0.1, 0.15) is 12.1 Å². The molecule has 1 aromatic rings. The lowest BCUT2D eigenvalue weighted by atomic mass is 9.80. The molecule has 2 saturated heterocycles. The van der Waals surface area contributed by atoms with E-state index < -0.39 is 6.10 Å². The number of carbonyl (C=O) groups is 1. The summed E-state index contributed by atoms with van der Waals surface area (Å²) in [5.74, 6) is -0.0835. The fraction of sp³-hybridized carbons (Fsp3) is 0.812. The first-order valence-corrected chi connectivity index (χ1v) is 8.77. The summed E-state index contributed by atoms with van der Waals surface area (Å²) in [4.78, 5) is 15.0. The standard InChI is InChI=1S/C16H24N4O4/c21-14-10-24-9-13(14)20-8-12(17-18-20)15(22)19-6-7-23-11-16(19)4-2-1-3-5-16/h8,13-14,21H,1-7,9-11H2/t13-,14-/m1/s1. The van der Waals surface area contributed by atoms with Crippen LogP contribution in [0.25, 0.3) is 0 Å². The van der Waals surface area contributed by atoms with Crippen molar-refractivity contribution in [3.8, 4) is 0 Å². The minimum Gasteiger partial charge on any atom is -0.388 e. The third-order valence-electron chi connectivity index (χ3n) is 5.52. The number of carbonyl (C=O) groups excluding carboxylic acids is 1. The topological polar surface area (TPSA) is 89.7 Å². The Hall–Kier alpha value is -1.51. The van der Waals surface area contributed by atoms with Gasteiger partial charge in [-0.25, -0.2) is 4.68 Å². The van der Waals surface area contributed by atoms with Gasteiger partial charge in [0.25, 0.3) is 5.91 Å². The average Bonchev–Trinajstić information content (AvgIpc) is 3.24. The zero-order valence-electron chi connectivity index (χ0n) is 13.8. The van der Waals surface area contributed by atoms with Crippen LogP contribution in [0.3, 0.4) is 0 Å². The van der Waals surface area contributed by atoms with E-state index in [1.807, 2.05) is 4.90 Å². The molecular weight excluding hydrogens is 312 g/mol. The number of hydrogen-bond acceptors (Lipinski definition) is 6. The van der Waals surface area contributed by atoms with Crippen LogP contribution >= 0.6 is 0 Å². The van der Waals surface area contributed by atoms with Gasteiger partial charge in [-0.2, -0.15) is 0 Å². The van der Waals surface area contributed by atoms with Crippen LogP contribution in [0.4, 0.5) is 0 Å². The van der Waals surface area contributed by atoms with Gasteiger partial charge < -0.3 is 19.5 Å². The van der Waals surface area contributed by atoms with E-state index >= 15 is 0 Å². The fourth-order valence-corrected chi connectivity index (χ4v) is 4.13. The Morgan fingerprint density at radius 3 is 2.83 bits per heavy atom. The molecule has 1 spiro atoms. The predicted molar refractivity (Wildman–Crippen MR) is 83.6 cm³/mol. The summed E-state index contributed by atoms with van der Waals surface area (Å²) in [6.07, 6.45) is 6.49. The van der Waals surface area contributed by atoms with E-state index in [9.17, 15) is 9.90 Å². The van der Waals surface area contributed by atoms with E-state index in [1.54, 1.807) is 10.9 Å². The second-order valence-electron chi connectivity index (χ2n) is 7.05. The highest BCUT2D eigenvalue weighted by Gasteiger charge is 2.44. The molecule has 0 radical (unpaired) electrons. The van der Waals surface area contributed by atoms with Crippen LogP contribution in [-0.2, 0) is 9.47 Å². The fourth-order valence-electron chi connectivity index (χ4n) is 4.13. The van der Waals surface area contributed by atoms with Crippen molar-refractivity contribution in [2.75, 3.05) is 33.0 Å².